The van der Waals surface area contributed by atoms with Crippen LogP contribution in [0.5, 0.6) is 0 Å². The van der Waals surface area contributed by atoms with E-state index in [1.54, 1.807) is 6.08 Å². The van der Waals surface area contributed by atoms with Crippen LogP contribution >= 0.6 is 0 Å². The Kier molecular flexibility index (Phi) is 5.11. The molecule has 160 valence electrons. The van der Waals surface area contributed by atoms with Crippen LogP contribution in [0, 0.1) is 0 Å². The van der Waals surface area contributed by atoms with Crippen molar-refractivity contribution < 1.29 is 9.53 Å². The lowest BCUT2D eigenvalue weighted by Gasteiger charge is -2.38. The molecule has 0 radical (unpaired) electrons. The van der Waals surface area contributed by atoms with E-state index in [2.05, 4.69) is 40.8 Å². The summed E-state index contributed by atoms with van der Waals surface area (Å²) in [6.07, 6.45) is 8.42. The molecular formula is C27H25N3O2. The number of ether oxygens (including phenoxy) is 1. The lowest BCUT2D eigenvalue weighted by Crippen LogP contribution is -2.43. The van der Waals surface area contributed by atoms with Crippen LogP contribution in [-0.2, 0) is 15.1 Å². The molecule has 5 rings (SSSR count). The van der Waals surface area contributed by atoms with Crippen molar-refractivity contribution in [1.29, 1.82) is 0 Å². The Morgan fingerprint density at radius 3 is 2.44 bits per heavy atom. The van der Waals surface area contributed by atoms with Gasteiger partial charge in [-0.05, 0) is 48.6 Å². The van der Waals surface area contributed by atoms with Crippen molar-refractivity contribution in [3.05, 3.63) is 90.1 Å². The minimum atomic E-state index is -0.385. The number of benzene rings is 2. The highest BCUT2D eigenvalue weighted by atomic mass is 16.5. The van der Waals surface area contributed by atoms with E-state index >= 15 is 0 Å². The van der Waals surface area contributed by atoms with Gasteiger partial charge in [0.05, 0.1) is 18.5 Å². The van der Waals surface area contributed by atoms with Crippen molar-refractivity contribution in [3.63, 3.8) is 0 Å². The van der Waals surface area contributed by atoms with E-state index in [0.29, 0.717) is 0 Å². The molecule has 0 aliphatic heterocycles. The molecule has 1 saturated carbocycles. The highest BCUT2D eigenvalue weighted by Crippen LogP contribution is 2.40. The molecule has 0 spiro atoms. The Morgan fingerprint density at radius 2 is 1.78 bits per heavy atom. The van der Waals surface area contributed by atoms with Gasteiger partial charge < -0.3 is 10.5 Å². The van der Waals surface area contributed by atoms with Crippen LogP contribution < -0.4 is 5.73 Å². The number of imidazole rings is 1. The number of nitrogens with zero attached hydrogens (tertiary/aromatic N) is 2. The lowest BCUT2D eigenvalue weighted by atomic mass is 9.72. The van der Waals surface area contributed by atoms with E-state index in [0.717, 1.165) is 46.6 Å². The molecule has 0 saturated heterocycles. The van der Waals surface area contributed by atoms with Crippen LogP contribution in [0.15, 0.2) is 79.0 Å². The number of aromatic nitrogens is 2. The van der Waals surface area contributed by atoms with Gasteiger partial charge in [0, 0.05) is 28.9 Å². The maximum Gasteiger partial charge on any atom is 0.330 e. The van der Waals surface area contributed by atoms with Crippen LogP contribution in [-0.4, -0.2) is 22.5 Å². The van der Waals surface area contributed by atoms with Gasteiger partial charge in [0.15, 0.2) is 0 Å². The number of methoxy groups -OCH3 is 1. The first-order valence-corrected chi connectivity index (χ1v) is 10.8. The number of nitrogens with two attached hydrogens (primary N) is 1. The third kappa shape index (κ3) is 3.61. The number of carbonyl (C=O) groups excluding carboxylic acids is 1. The second-order valence-corrected chi connectivity index (χ2v) is 8.31. The molecule has 0 unspecified atom stereocenters. The van der Waals surface area contributed by atoms with Gasteiger partial charge in [-0.2, -0.15) is 0 Å². The molecule has 5 heteroatoms. The van der Waals surface area contributed by atoms with E-state index in [1.807, 2.05) is 36.5 Å². The first kappa shape index (κ1) is 20.2. The predicted molar refractivity (Wildman–Crippen MR) is 127 cm³/mol. The molecule has 2 heterocycles. The Balaban J connectivity index is 1.63. The zero-order valence-corrected chi connectivity index (χ0v) is 18.0. The van der Waals surface area contributed by atoms with Crippen LogP contribution in [0.25, 0.3) is 34.2 Å². The number of carbonyl (C=O) groups is 1. The number of rotatable bonds is 5. The topological polar surface area (TPSA) is 69.6 Å². The fourth-order valence-corrected chi connectivity index (χ4v) is 4.27. The smallest absolute Gasteiger partial charge is 0.330 e. The minimum Gasteiger partial charge on any atom is -0.466 e. The first-order valence-electron chi connectivity index (χ1n) is 10.8. The molecule has 0 atom stereocenters. The zero-order chi connectivity index (χ0) is 22.1. The van der Waals surface area contributed by atoms with Gasteiger partial charge >= 0.3 is 5.97 Å². The largest absolute Gasteiger partial charge is 0.466 e. The van der Waals surface area contributed by atoms with Crippen molar-refractivity contribution in [3.8, 4) is 22.5 Å². The lowest BCUT2D eigenvalue weighted by molar-refractivity contribution is -0.134. The average molecular weight is 424 g/mol. The molecule has 4 aromatic rings. The number of hydrogen-bond acceptors (Lipinski definition) is 4. The standard InChI is InChI=1S/C27H25N3O2/c1-32-24(31)15-9-19-8-14-23-29-25(26(30(23)18-19)21-6-3-2-4-7-21)20-10-12-22(13-11-20)27(28)16-5-17-27/h2-4,6-15,18H,5,16-17,28H2,1H3. The van der Waals surface area contributed by atoms with Gasteiger partial charge in [-0.15, -0.1) is 0 Å². The monoisotopic (exact) mass is 423 g/mol. The molecular weight excluding hydrogens is 398 g/mol. The second kappa shape index (κ2) is 8.09. The molecule has 1 aliphatic carbocycles. The van der Waals surface area contributed by atoms with Crippen molar-refractivity contribution in [2.24, 2.45) is 5.73 Å². The molecule has 1 fully saturated rings. The van der Waals surface area contributed by atoms with E-state index in [9.17, 15) is 4.79 Å². The second-order valence-electron chi connectivity index (χ2n) is 8.31. The summed E-state index contributed by atoms with van der Waals surface area (Å²) in [7, 11) is 1.37. The Morgan fingerprint density at radius 1 is 1.03 bits per heavy atom. The molecule has 0 bridgehead atoms. The summed E-state index contributed by atoms with van der Waals surface area (Å²) in [5.41, 5.74) is 13.3. The molecule has 2 aromatic heterocycles. The van der Waals surface area contributed by atoms with E-state index in [-0.39, 0.29) is 11.5 Å². The molecule has 5 nitrogen and oxygen atoms in total. The van der Waals surface area contributed by atoms with Gasteiger partial charge in [0.25, 0.3) is 0 Å². The van der Waals surface area contributed by atoms with E-state index in [4.69, 9.17) is 15.5 Å². The Labute approximate surface area is 187 Å². The van der Waals surface area contributed by atoms with Gasteiger partial charge in [0.1, 0.15) is 5.65 Å². The molecule has 32 heavy (non-hydrogen) atoms. The Bertz CT molecular complexity index is 1300. The van der Waals surface area contributed by atoms with Gasteiger partial charge in [-0.1, -0.05) is 54.6 Å². The highest BCUT2D eigenvalue weighted by Gasteiger charge is 2.34. The summed E-state index contributed by atoms with van der Waals surface area (Å²) < 4.78 is 6.78. The maximum atomic E-state index is 11.5. The summed E-state index contributed by atoms with van der Waals surface area (Å²) >= 11 is 0. The van der Waals surface area contributed by atoms with Crippen molar-refractivity contribution in [2.45, 2.75) is 24.8 Å². The predicted octanol–water partition coefficient (Wildman–Crippen LogP) is 5.19. The molecule has 1 aliphatic rings. The summed E-state index contributed by atoms with van der Waals surface area (Å²) in [5.74, 6) is -0.385. The summed E-state index contributed by atoms with van der Waals surface area (Å²) in [5, 5.41) is 0. The number of pyridine rings is 1. The van der Waals surface area contributed by atoms with Gasteiger partial charge in [-0.3, -0.25) is 4.40 Å². The fourth-order valence-electron chi connectivity index (χ4n) is 4.27. The van der Waals surface area contributed by atoms with E-state index < -0.39 is 0 Å². The van der Waals surface area contributed by atoms with Crippen molar-refractivity contribution in [1.82, 2.24) is 9.38 Å². The van der Waals surface area contributed by atoms with Crippen molar-refractivity contribution >= 4 is 17.7 Å². The maximum absolute atomic E-state index is 11.5. The number of esters is 1. The zero-order valence-electron chi connectivity index (χ0n) is 18.0. The first-order chi connectivity index (χ1) is 15.6. The van der Waals surface area contributed by atoms with Crippen LogP contribution in [0.4, 0.5) is 0 Å². The summed E-state index contributed by atoms with van der Waals surface area (Å²) in [6, 6.07) is 22.6. The third-order valence-electron chi connectivity index (χ3n) is 6.28. The third-order valence-corrected chi connectivity index (χ3v) is 6.28. The SMILES string of the molecule is COC(=O)C=Cc1ccc2nc(-c3ccc(C4(N)CCC4)cc3)c(-c3ccccc3)n2c1. The number of fused-ring (bicyclic) bond motifs is 1. The van der Waals surface area contributed by atoms with Gasteiger partial charge in [0.2, 0.25) is 0 Å². The van der Waals surface area contributed by atoms with E-state index in [1.165, 1.54) is 25.2 Å². The molecule has 0 amide bonds. The Hall–Kier alpha value is -3.70. The number of hydrogen-bond donors (Lipinski definition) is 1. The average Bonchev–Trinajstić information content (AvgIpc) is 3.20. The fraction of sp³-hybridized carbons (Fsp3) is 0.185. The van der Waals surface area contributed by atoms with Crippen LogP contribution in [0.1, 0.15) is 30.4 Å². The van der Waals surface area contributed by atoms with Gasteiger partial charge in [-0.25, -0.2) is 9.78 Å². The molecule has 2 aromatic carbocycles. The quantitative estimate of drug-likeness (QED) is 0.354. The minimum absolute atomic E-state index is 0.180. The summed E-state index contributed by atoms with van der Waals surface area (Å²) in [6.45, 7) is 0. The normalized spacial score (nSPS) is 15.1. The summed E-state index contributed by atoms with van der Waals surface area (Å²) in [4.78, 5) is 16.5. The molecule has 2 N–H and O–H groups in total. The highest BCUT2D eigenvalue weighted by molar-refractivity contribution is 5.87. The van der Waals surface area contributed by atoms with Crippen LogP contribution in [0.2, 0.25) is 0 Å². The van der Waals surface area contributed by atoms with Crippen molar-refractivity contribution in [2.75, 3.05) is 7.11 Å². The van der Waals surface area contributed by atoms with Crippen LogP contribution in [0.3, 0.4) is 0 Å².